The molecule has 0 aliphatic carbocycles. The molecule has 0 saturated heterocycles. The highest BCUT2D eigenvalue weighted by atomic mass is 19.1. The molecule has 0 atom stereocenters. The Labute approximate surface area is 122 Å². The second-order valence-corrected chi connectivity index (χ2v) is 4.75. The number of rotatable bonds is 5. The van der Waals surface area contributed by atoms with Crippen LogP contribution in [-0.4, -0.2) is 17.7 Å². The Morgan fingerprint density at radius 2 is 2.05 bits per heavy atom. The largest absolute Gasteiger partial charge is 0.361 e. The van der Waals surface area contributed by atoms with Crippen LogP contribution >= 0.6 is 0 Å². The van der Waals surface area contributed by atoms with Gasteiger partial charge in [0.2, 0.25) is 0 Å². The van der Waals surface area contributed by atoms with Crippen molar-refractivity contribution in [3.63, 3.8) is 0 Å². The number of amides is 2. The van der Waals surface area contributed by atoms with Crippen LogP contribution in [0.5, 0.6) is 0 Å². The highest BCUT2D eigenvalue weighted by Gasteiger charge is 2.10. The maximum Gasteiger partial charge on any atom is 0.315 e. The van der Waals surface area contributed by atoms with Gasteiger partial charge in [-0.25, -0.2) is 9.18 Å². The van der Waals surface area contributed by atoms with Crippen molar-refractivity contribution in [1.82, 2.24) is 15.8 Å². The monoisotopic (exact) mass is 291 g/mol. The predicted molar refractivity (Wildman–Crippen MR) is 76.3 cm³/mol. The molecule has 0 aliphatic rings. The number of nitrogens with one attached hydrogen (secondary N) is 2. The molecule has 2 aromatic rings. The van der Waals surface area contributed by atoms with Crippen LogP contribution in [0.15, 0.2) is 28.8 Å². The summed E-state index contributed by atoms with van der Waals surface area (Å²) in [6.07, 6.45) is 0.450. The molecule has 0 aliphatic heterocycles. The van der Waals surface area contributed by atoms with E-state index in [9.17, 15) is 9.18 Å². The van der Waals surface area contributed by atoms with Crippen molar-refractivity contribution in [2.75, 3.05) is 6.54 Å². The number of hydrogen-bond acceptors (Lipinski definition) is 3. The third kappa shape index (κ3) is 4.05. The number of halogens is 1. The van der Waals surface area contributed by atoms with Gasteiger partial charge in [0.25, 0.3) is 0 Å². The SMILES string of the molecule is Cc1noc(C)c1CNC(=O)NCCc1ccccc1F. The average molecular weight is 291 g/mol. The molecule has 0 spiro atoms. The molecule has 1 aromatic heterocycles. The van der Waals surface area contributed by atoms with Gasteiger partial charge in [-0.05, 0) is 31.9 Å². The van der Waals surface area contributed by atoms with Crippen molar-refractivity contribution in [2.45, 2.75) is 26.8 Å². The van der Waals surface area contributed by atoms with Crippen molar-refractivity contribution >= 4 is 6.03 Å². The van der Waals surface area contributed by atoms with E-state index in [1.165, 1.54) is 6.07 Å². The fourth-order valence-electron chi connectivity index (χ4n) is 2.00. The lowest BCUT2D eigenvalue weighted by atomic mass is 10.1. The third-order valence-corrected chi connectivity index (χ3v) is 3.24. The van der Waals surface area contributed by atoms with E-state index in [-0.39, 0.29) is 11.8 Å². The molecule has 1 heterocycles. The minimum Gasteiger partial charge on any atom is -0.361 e. The number of urea groups is 1. The van der Waals surface area contributed by atoms with Crippen molar-refractivity contribution in [3.05, 3.63) is 52.7 Å². The third-order valence-electron chi connectivity index (χ3n) is 3.24. The molecular weight excluding hydrogens is 273 g/mol. The summed E-state index contributed by atoms with van der Waals surface area (Å²) in [6.45, 7) is 4.35. The molecule has 0 bridgehead atoms. The molecule has 2 N–H and O–H groups in total. The van der Waals surface area contributed by atoms with Crippen molar-refractivity contribution in [2.24, 2.45) is 0 Å². The summed E-state index contributed by atoms with van der Waals surface area (Å²) in [6, 6.07) is 6.23. The van der Waals surface area contributed by atoms with E-state index in [0.717, 1.165) is 11.3 Å². The Hall–Kier alpha value is -2.37. The van der Waals surface area contributed by atoms with Crippen LogP contribution in [0.25, 0.3) is 0 Å². The number of carbonyl (C=O) groups excluding carboxylic acids is 1. The van der Waals surface area contributed by atoms with Crippen LogP contribution in [0, 0.1) is 19.7 Å². The Morgan fingerprint density at radius 1 is 1.29 bits per heavy atom. The fraction of sp³-hybridized carbons (Fsp3) is 0.333. The van der Waals surface area contributed by atoms with Crippen LogP contribution in [0.4, 0.5) is 9.18 Å². The van der Waals surface area contributed by atoms with Crippen molar-refractivity contribution in [1.29, 1.82) is 0 Å². The lowest BCUT2D eigenvalue weighted by Gasteiger charge is -2.08. The lowest BCUT2D eigenvalue weighted by Crippen LogP contribution is -2.36. The van der Waals surface area contributed by atoms with E-state index in [4.69, 9.17) is 4.52 Å². The van der Waals surface area contributed by atoms with Gasteiger partial charge in [0.15, 0.2) is 0 Å². The summed E-state index contributed by atoms with van der Waals surface area (Å²) in [7, 11) is 0. The van der Waals surface area contributed by atoms with Crippen LogP contribution in [0.3, 0.4) is 0 Å². The summed E-state index contributed by atoms with van der Waals surface area (Å²) in [4.78, 5) is 11.7. The molecule has 1 aromatic carbocycles. The van der Waals surface area contributed by atoms with Crippen molar-refractivity contribution < 1.29 is 13.7 Å². The van der Waals surface area contributed by atoms with Gasteiger partial charge >= 0.3 is 6.03 Å². The first-order chi connectivity index (χ1) is 10.1. The van der Waals surface area contributed by atoms with Gasteiger partial charge in [0.1, 0.15) is 11.6 Å². The van der Waals surface area contributed by atoms with Gasteiger partial charge in [0, 0.05) is 18.7 Å². The highest BCUT2D eigenvalue weighted by Crippen LogP contribution is 2.11. The summed E-state index contributed by atoms with van der Waals surface area (Å²) in [5.41, 5.74) is 2.22. The van der Waals surface area contributed by atoms with Gasteiger partial charge < -0.3 is 15.2 Å². The standard InChI is InChI=1S/C15H18FN3O2/c1-10-13(11(2)21-19-10)9-18-15(20)17-8-7-12-5-3-4-6-14(12)16/h3-6H,7-9H2,1-2H3,(H2,17,18,20). The van der Waals surface area contributed by atoms with E-state index in [1.807, 2.05) is 6.92 Å². The summed E-state index contributed by atoms with van der Waals surface area (Å²) in [5.74, 6) is 0.439. The zero-order valence-corrected chi connectivity index (χ0v) is 12.1. The minimum atomic E-state index is -0.300. The number of benzene rings is 1. The molecule has 21 heavy (non-hydrogen) atoms. The quantitative estimate of drug-likeness (QED) is 0.889. The molecule has 2 amide bonds. The lowest BCUT2D eigenvalue weighted by molar-refractivity contribution is 0.240. The van der Waals surface area contributed by atoms with Gasteiger partial charge in [0.05, 0.1) is 5.69 Å². The maximum atomic E-state index is 13.4. The number of carbonyl (C=O) groups is 1. The predicted octanol–water partition coefficient (Wildman–Crippen LogP) is 2.47. The number of aromatic nitrogens is 1. The molecule has 5 nitrogen and oxygen atoms in total. The van der Waals surface area contributed by atoms with Crippen LogP contribution in [-0.2, 0) is 13.0 Å². The molecule has 0 saturated carbocycles. The molecule has 6 heteroatoms. The average Bonchev–Trinajstić information content (AvgIpc) is 2.78. The van der Waals surface area contributed by atoms with E-state index in [0.29, 0.717) is 30.8 Å². The number of aryl methyl sites for hydroxylation is 2. The molecule has 2 rings (SSSR count). The van der Waals surface area contributed by atoms with Gasteiger partial charge in [-0.1, -0.05) is 23.4 Å². The minimum absolute atomic E-state index is 0.254. The van der Waals surface area contributed by atoms with Crippen LogP contribution < -0.4 is 10.6 Å². The summed E-state index contributed by atoms with van der Waals surface area (Å²) < 4.78 is 18.4. The maximum absolute atomic E-state index is 13.4. The first-order valence-electron chi connectivity index (χ1n) is 6.74. The van der Waals surface area contributed by atoms with E-state index in [1.54, 1.807) is 25.1 Å². The molecular formula is C15H18FN3O2. The van der Waals surface area contributed by atoms with Gasteiger partial charge in [-0.3, -0.25) is 0 Å². The molecule has 0 radical (unpaired) electrons. The normalized spacial score (nSPS) is 10.4. The Kier molecular flexibility index (Phi) is 4.92. The topological polar surface area (TPSA) is 67.2 Å². The van der Waals surface area contributed by atoms with Crippen molar-refractivity contribution in [3.8, 4) is 0 Å². The zero-order valence-electron chi connectivity index (χ0n) is 12.1. The number of hydrogen-bond donors (Lipinski definition) is 2. The van der Waals surface area contributed by atoms with E-state index < -0.39 is 0 Å². The Morgan fingerprint density at radius 3 is 2.71 bits per heavy atom. The van der Waals surface area contributed by atoms with Gasteiger partial charge in [-0.15, -0.1) is 0 Å². The first-order valence-corrected chi connectivity index (χ1v) is 6.74. The van der Waals surface area contributed by atoms with Gasteiger partial charge in [-0.2, -0.15) is 0 Å². The number of nitrogens with zero attached hydrogens (tertiary/aromatic N) is 1. The van der Waals surface area contributed by atoms with E-state index in [2.05, 4.69) is 15.8 Å². The zero-order chi connectivity index (χ0) is 15.2. The molecule has 112 valence electrons. The Balaban J connectivity index is 1.74. The molecule has 0 unspecified atom stereocenters. The second-order valence-electron chi connectivity index (χ2n) is 4.75. The highest BCUT2D eigenvalue weighted by molar-refractivity contribution is 5.73. The van der Waals surface area contributed by atoms with Crippen LogP contribution in [0.1, 0.15) is 22.6 Å². The summed E-state index contributed by atoms with van der Waals surface area (Å²) >= 11 is 0. The summed E-state index contributed by atoms with van der Waals surface area (Å²) in [5, 5.41) is 9.23. The smallest absolute Gasteiger partial charge is 0.315 e. The Bertz CT molecular complexity index is 606. The van der Waals surface area contributed by atoms with E-state index >= 15 is 0 Å². The van der Waals surface area contributed by atoms with Crippen LogP contribution in [0.2, 0.25) is 0 Å². The fourth-order valence-corrected chi connectivity index (χ4v) is 2.00. The first kappa shape index (κ1) is 15.0. The molecule has 0 fully saturated rings. The second kappa shape index (κ2) is 6.88.